The van der Waals surface area contributed by atoms with E-state index < -0.39 is 0 Å². The van der Waals surface area contributed by atoms with Crippen LogP contribution in [0.2, 0.25) is 0 Å². The third kappa shape index (κ3) is 11.7. The van der Waals surface area contributed by atoms with Gasteiger partial charge in [0.1, 0.15) is 12.4 Å². The third-order valence-electron chi connectivity index (χ3n) is 5.81. The van der Waals surface area contributed by atoms with Gasteiger partial charge in [0.15, 0.2) is 5.96 Å². The van der Waals surface area contributed by atoms with Crippen molar-refractivity contribution in [3.05, 3.63) is 29.8 Å². The van der Waals surface area contributed by atoms with Crippen molar-refractivity contribution in [3.63, 3.8) is 0 Å². The molecule has 0 radical (unpaired) electrons. The molecule has 0 aliphatic carbocycles. The second kappa shape index (κ2) is 17.3. The van der Waals surface area contributed by atoms with Gasteiger partial charge in [0, 0.05) is 66.2 Å². The minimum absolute atomic E-state index is 0. The standard InChI is InChI=1S/C24H40N4O4.HI/c1-25-24(26-8-3-12-31-20-21-6-13-29-14-7-21)27-19-22-4-2-5-23(18-22)32-17-11-28-9-15-30-16-10-28;/h2,4-5,18,21H,3,6-17,19-20H2,1H3,(H2,25,26,27);1H. The predicted molar refractivity (Wildman–Crippen MR) is 142 cm³/mol. The monoisotopic (exact) mass is 576 g/mol. The molecular weight excluding hydrogens is 535 g/mol. The summed E-state index contributed by atoms with van der Waals surface area (Å²) in [5.41, 5.74) is 1.16. The van der Waals surface area contributed by atoms with Gasteiger partial charge in [-0.05, 0) is 42.9 Å². The van der Waals surface area contributed by atoms with Gasteiger partial charge in [-0.15, -0.1) is 24.0 Å². The van der Waals surface area contributed by atoms with Crippen molar-refractivity contribution in [1.29, 1.82) is 0 Å². The molecule has 0 unspecified atom stereocenters. The van der Waals surface area contributed by atoms with E-state index in [-0.39, 0.29) is 24.0 Å². The van der Waals surface area contributed by atoms with Crippen LogP contribution in [0.15, 0.2) is 29.3 Å². The van der Waals surface area contributed by atoms with Gasteiger partial charge in [-0.2, -0.15) is 0 Å². The van der Waals surface area contributed by atoms with Crippen LogP contribution in [-0.4, -0.2) is 90.3 Å². The number of nitrogens with one attached hydrogen (secondary N) is 2. The van der Waals surface area contributed by atoms with Gasteiger partial charge in [0.05, 0.1) is 13.2 Å². The Morgan fingerprint density at radius 1 is 1.09 bits per heavy atom. The molecule has 2 fully saturated rings. The van der Waals surface area contributed by atoms with Crippen LogP contribution in [0, 0.1) is 5.92 Å². The molecule has 0 bridgehead atoms. The summed E-state index contributed by atoms with van der Waals surface area (Å²) in [7, 11) is 1.79. The third-order valence-corrected chi connectivity index (χ3v) is 5.81. The van der Waals surface area contributed by atoms with E-state index in [1.165, 1.54) is 0 Å². The summed E-state index contributed by atoms with van der Waals surface area (Å²) in [4.78, 5) is 6.69. The lowest BCUT2D eigenvalue weighted by Gasteiger charge is -2.26. The Labute approximate surface area is 215 Å². The highest BCUT2D eigenvalue weighted by Gasteiger charge is 2.13. The number of hydrogen-bond donors (Lipinski definition) is 2. The zero-order chi connectivity index (χ0) is 22.3. The van der Waals surface area contributed by atoms with Crippen LogP contribution in [0.4, 0.5) is 0 Å². The van der Waals surface area contributed by atoms with Crippen LogP contribution in [0.5, 0.6) is 5.75 Å². The van der Waals surface area contributed by atoms with Gasteiger partial charge in [0.2, 0.25) is 0 Å². The van der Waals surface area contributed by atoms with Crippen molar-refractivity contribution in [3.8, 4) is 5.75 Å². The Hall–Kier alpha value is -1.14. The van der Waals surface area contributed by atoms with Crippen molar-refractivity contribution < 1.29 is 18.9 Å². The van der Waals surface area contributed by atoms with Crippen LogP contribution in [0.1, 0.15) is 24.8 Å². The molecule has 2 heterocycles. The maximum atomic E-state index is 5.95. The Kier molecular flexibility index (Phi) is 14.7. The smallest absolute Gasteiger partial charge is 0.191 e. The van der Waals surface area contributed by atoms with E-state index in [1.807, 2.05) is 12.1 Å². The quantitative estimate of drug-likeness (QED) is 0.172. The van der Waals surface area contributed by atoms with E-state index in [1.54, 1.807) is 7.05 Å². The molecule has 2 aliphatic heterocycles. The van der Waals surface area contributed by atoms with Crippen LogP contribution in [0.25, 0.3) is 0 Å². The summed E-state index contributed by atoms with van der Waals surface area (Å²) in [6.07, 6.45) is 3.19. The van der Waals surface area contributed by atoms with Gasteiger partial charge in [0.25, 0.3) is 0 Å². The Morgan fingerprint density at radius 3 is 2.67 bits per heavy atom. The van der Waals surface area contributed by atoms with E-state index in [0.29, 0.717) is 19.1 Å². The first kappa shape index (κ1) is 28.1. The summed E-state index contributed by atoms with van der Waals surface area (Å²) < 4.78 is 22.5. The number of morpholine rings is 1. The van der Waals surface area contributed by atoms with Gasteiger partial charge < -0.3 is 29.6 Å². The van der Waals surface area contributed by atoms with Crippen LogP contribution >= 0.6 is 24.0 Å². The molecule has 8 nitrogen and oxygen atoms in total. The number of rotatable bonds is 12. The van der Waals surface area contributed by atoms with Crippen molar-refractivity contribution in [2.45, 2.75) is 25.8 Å². The van der Waals surface area contributed by atoms with Gasteiger partial charge >= 0.3 is 0 Å². The average Bonchev–Trinajstić information content (AvgIpc) is 2.85. The molecule has 33 heavy (non-hydrogen) atoms. The molecule has 2 N–H and O–H groups in total. The summed E-state index contributed by atoms with van der Waals surface area (Å²) >= 11 is 0. The summed E-state index contributed by atoms with van der Waals surface area (Å²) in [6, 6.07) is 8.23. The van der Waals surface area contributed by atoms with E-state index in [2.05, 4.69) is 32.7 Å². The minimum Gasteiger partial charge on any atom is -0.492 e. The molecule has 2 aliphatic rings. The second-order valence-corrected chi connectivity index (χ2v) is 8.29. The molecule has 0 aromatic heterocycles. The molecule has 1 aromatic rings. The molecule has 1 aromatic carbocycles. The maximum absolute atomic E-state index is 5.95. The molecule has 0 saturated carbocycles. The molecular formula is C24H41IN4O4. The van der Waals surface area contributed by atoms with Crippen molar-refractivity contribution in [2.75, 3.05) is 79.5 Å². The lowest BCUT2D eigenvalue weighted by molar-refractivity contribution is 0.0203. The molecule has 3 rings (SSSR count). The van der Waals surface area contributed by atoms with Gasteiger partial charge in [-0.25, -0.2) is 0 Å². The Morgan fingerprint density at radius 2 is 1.88 bits per heavy atom. The van der Waals surface area contributed by atoms with Crippen molar-refractivity contribution >= 4 is 29.9 Å². The highest BCUT2D eigenvalue weighted by Crippen LogP contribution is 2.15. The lowest BCUT2D eigenvalue weighted by atomic mass is 10.0. The SMILES string of the molecule is CN=C(NCCCOCC1CCOCC1)NCc1cccc(OCCN2CCOCC2)c1.I. The molecule has 0 atom stereocenters. The number of hydrogen-bond acceptors (Lipinski definition) is 6. The largest absolute Gasteiger partial charge is 0.492 e. The molecule has 0 spiro atoms. The zero-order valence-corrected chi connectivity index (χ0v) is 22.3. The van der Waals surface area contributed by atoms with E-state index >= 15 is 0 Å². The predicted octanol–water partition coefficient (Wildman–Crippen LogP) is 2.51. The van der Waals surface area contributed by atoms with E-state index in [0.717, 1.165) is 102 Å². The van der Waals surface area contributed by atoms with Crippen LogP contribution < -0.4 is 15.4 Å². The van der Waals surface area contributed by atoms with Crippen LogP contribution in [0.3, 0.4) is 0 Å². The van der Waals surface area contributed by atoms with Crippen molar-refractivity contribution in [2.24, 2.45) is 10.9 Å². The van der Waals surface area contributed by atoms with E-state index in [9.17, 15) is 0 Å². The highest BCUT2D eigenvalue weighted by molar-refractivity contribution is 14.0. The fourth-order valence-electron chi connectivity index (χ4n) is 3.81. The highest BCUT2D eigenvalue weighted by atomic mass is 127. The first-order valence-electron chi connectivity index (χ1n) is 12.0. The van der Waals surface area contributed by atoms with Gasteiger partial charge in [-0.3, -0.25) is 9.89 Å². The fraction of sp³-hybridized carbons (Fsp3) is 0.708. The zero-order valence-electron chi connectivity index (χ0n) is 19.9. The fourth-order valence-corrected chi connectivity index (χ4v) is 3.81. The minimum atomic E-state index is 0. The first-order valence-corrected chi connectivity index (χ1v) is 12.0. The molecule has 9 heteroatoms. The second-order valence-electron chi connectivity index (χ2n) is 8.29. The first-order chi connectivity index (χ1) is 15.8. The van der Waals surface area contributed by atoms with Crippen LogP contribution in [-0.2, 0) is 20.8 Å². The Balaban J connectivity index is 0.00000385. The molecule has 2 saturated heterocycles. The number of halogens is 1. The summed E-state index contributed by atoms with van der Waals surface area (Å²) in [6.45, 7) is 10.1. The number of ether oxygens (including phenoxy) is 4. The number of benzene rings is 1. The Bertz CT molecular complexity index is 668. The maximum Gasteiger partial charge on any atom is 0.191 e. The molecule has 0 amide bonds. The number of aliphatic imine (C=N–C) groups is 1. The lowest BCUT2D eigenvalue weighted by Crippen LogP contribution is -2.38. The van der Waals surface area contributed by atoms with Crippen molar-refractivity contribution in [1.82, 2.24) is 15.5 Å². The summed E-state index contributed by atoms with van der Waals surface area (Å²) in [5.74, 6) is 2.36. The van der Waals surface area contributed by atoms with E-state index in [4.69, 9.17) is 18.9 Å². The average molecular weight is 577 g/mol. The normalized spacial score (nSPS) is 17.9. The topological polar surface area (TPSA) is 76.6 Å². The van der Waals surface area contributed by atoms with Gasteiger partial charge in [-0.1, -0.05) is 12.1 Å². The summed E-state index contributed by atoms with van der Waals surface area (Å²) in [5, 5.41) is 6.73. The number of nitrogens with zero attached hydrogens (tertiary/aromatic N) is 2. The number of guanidine groups is 1. The molecule has 188 valence electrons.